The molecule has 0 spiro atoms. The van der Waals surface area contributed by atoms with Crippen LogP contribution in [0.5, 0.6) is 5.75 Å². The number of nitrogens with zero attached hydrogens (tertiary/aromatic N) is 1. The highest BCUT2D eigenvalue weighted by molar-refractivity contribution is 6.30. The zero-order chi connectivity index (χ0) is 22.8. The third-order valence-electron chi connectivity index (χ3n) is 5.40. The second-order valence-electron chi connectivity index (χ2n) is 7.49. The first-order chi connectivity index (χ1) is 15.3. The van der Waals surface area contributed by atoms with Gasteiger partial charge in [0.2, 0.25) is 0 Å². The summed E-state index contributed by atoms with van der Waals surface area (Å²) in [5.41, 5.74) is 1.38. The van der Waals surface area contributed by atoms with Crippen molar-refractivity contribution in [1.82, 2.24) is 4.57 Å². The Hall–Kier alpha value is -3.28. The molecule has 1 atom stereocenters. The Kier molecular flexibility index (Phi) is 6.21. The summed E-state index contributed by atoms with van der Waals surface area (Å²) in [4.78, 5) is 26.2. The van der Waals surface area contributed by atoms with Gasteiger partial charge in [0, 0.05) is 34.6 Å². The molecule has 1 aromatic heterocycles. The van der Waals surface area contributed by atoms with Crippen LogP contribution in [0.2, 0.25) is 10.0 Å². The van der Waals surface area contributed by atoms with Crippen molar-refractivity contribution in [3.63, 3.8) is 0 Å². The molecule has 4 rings (SSSR count). The maximum Gasteiger partial charge on any atom is 0.265 e. The predicted molar refractivity (Wildman–Crippen MR) is 129 cm³/mol. The van der Waals surface area contributed by atoms with Gasteiger partial charge < -0.3 is 15.0 Å². The lowest BCUT2D eigenvalue weighted by Crippen LogP contribution is -2.26. The van der Waals surface area contributed by atoms with Crippen molar-refractivity contribution < 1.29 is 9.90 Å². The van der Waals surface area contributed by atoms with Gasteiger partial charge in [-0.2, -0.15) is 0 Å². The van der Waals surface area contributed by atoms with Crippen LogP contribution in [0.1, 0.15) is 28.4 Å². The Bertz CT molecular complexity index is 1350. The molecule has 4 aromatic rings. The monoisotopic (exact) mass is 466 g/mol. The minimum Gasteiger partial charge on any atom is -0.506 e. The number of aryl methyl sites for hydroxylation is 1. The molecular formula is C25H20Cl2N2O3. The van der Waals surface area contributed by atoms with E-state index in [0.717, 1.165) is 11.3 Å². The van der Waals surface area contributed by atoms with E-state index >= 15 is 0 Å². The van der Waals surface area contributed by atoms with Crippen LogP contribution in [0.4, 0.5) is 5.69 Å². The summed E-state index contributed by atoms with van der Waals surface area (Å²) in [7, 11) is 1.59. The van der Waals surface area contributed by atoms with Crippen molar-refractivity contribution >= 4 is 45.6 Å². The van der Waals surface area contributed by atoms with Crippen molar-refractivity contribution in [2.75, 3.05) is 5.32 Å². The van der Waals surface area contributed by atoms with Crippen LogP contribution in [-0.2, 0) is 7.05 Å². The Balaban J connectivity index is 1.73. The van der Waals surface area contributed by atoms with Gasteiger partial charge in [-0.15, -0.1) is 0 Å². The molecular weight excluding hydrogens is 447 g/mol. The number of carbonyl (C=O) groups excluding carboxylic acids is 1. The summed E-state index contributed by atoms with van der Waals surface area (Å²) < 4.78 is 1.38. The van der Waals surface area contributed by atoms with Crippen molar-refractivity contribution in [3.05, 3.63) is 104 Å². The number of pyridine rings is 1. The largest absolute Gasteiger partial charge is 0.506 e. The Morgan fingerprint density at radius 2 is 1.56 bits per heavy atom. The van der Waals surface area contributed by atoms with Gasteiger partial charge in [-0.3, -0.25) is 9.59 Å². The van der Waals surface area contributed by atoms with Crippen LogP contribution in [0.3, 0.4) is 0 Å². The summed E-state index contributed by atoms with van der Waals surface area (Å²) in [6.07, 6.45) is -0.0502. The smallest absolute Gasteiger partial charge is 0.265 e. The van der Waals surface area contributed by atoms with Crippen LogP contribution in [0, 0.1) is 0 Å². The van der Waals surface area contributed by atoms with Crippen LogP contribution in [0.15, 0.2) is 77.6 Å². The van der Waals surface area contributed by atoms with Gasteiger partial charge in [-0.25, -0.2) is 0 Å². The van der Waals surface area contributed by atoms with E-state index in [4.69, 9.17) is 23.2 Å². The molecule has 0 saturated carbocycles. The number of carbonyl (C=O) groups is 1. The standard InChI is InChI=1S/C25H20Cl2N2O3/c1-29-21-5-3-2-4-19(21)24(31)23(25(29)32)22(30)14-20(15-6-8-16(26)9-7-15)28-18-12-10-17(27)11-13-18/h2-13,20,28,31H,14H2,1H3/t20-/m0/s1. The van der Waals surface area contributed by atoms with Gasteiger partial charge in [0.05, 0.1) is 11.6 Å². The number of hydrogen-bond acceptors (Lipinski definition) is 4. The Labute approximate surface area is 194 Å². The number of hydrogen-bond donors (Lipinski definition) is 2. The van der Waals surface area contributed by atoms with E-state index in [0.29, 0.717) is 20.9 Å². The average molecular weight is 467 g/mol. The van der Waals surface area contributed by atoms with Crippen LogP contribution in [-0.4, -0.2) is 15.5 Å². The first kappa shape index (κ1) is 21.9. The molecule has 0 bridgehead atoms. The van der Waals surface area contributed by atoms with Gasteiger partial charge >= 0.3 is 0 Å². The number of Topliss-reactive ketones (excluding diaryl/α,β-unsaturated/α-hetero) is 1. The highest BCUT2D eigenvalue weighted by Gasteiger charge is 2.24. The molecule has 0 saturated heterocycles. The molecule has 32 heavy (non-hydrogen) atoms. The second kappa shape index (κ2) is 9.07. The number of rotatable bonds is 6. The molecule has 162 valence electrons. The van der Waals surface area contributed by atoms with E-state index < -0.39 is 17.4 Å². The Morgan fingerprint density at radius 1 is 0.969 bits per heavy atom. The fraction of sp³-hybridized carbons (Fsp3) is 0.120. The molecule has 0 unspecified atom stereocenters. The van der Waals surface area contributed by atoms with E-state index in [2.05, 4.69) is 5.32 Å². The molecule has 0 aliphatic heterocycles. The van der Waals surface area contributed by atoms with E-state index in [1.165, 1.54) is 4.57 Å². The molecule has 7 heteroatoms. The maximum absolute atomic E-state index is 13.3. The Morgan fingerprint density at radius 3 is 2.22 bits per heavy atom. The zero-order valence-corrected chi connectivity index (χ0v) is 18.7. The van der Waals surface area contributed by atoms with Gasteiger partial charge in [-0.1, -0.05) is 47.5 Å². The number of benzene rings is 3. The quantitative estimate of drug-likeness (QED) is 0.343. The van der Waals surface area contributed by atoms with Crippen LogP contribution >= 0.6 is 23.2 Å². The second-order valence-corrected chi connectivity index (χ2v) is 8.36. The molecule has 2 N–H and O–H groups in total. The molecule has 0 fully saturated rings. The van der Waals surface area contributed by atoms with Crippen molar-refractivity contribution in [2.24, 2.45) is 7.05 Å². The van der Waals surface area contributed by atoms with Crippen molar-refractivity contribution in [2.45, 2.75) is 12.5 Å². The van der Waals surface area contributed by atoms with E-state index in [9.17, 15) is 14.7 Å². The minimum atomic E-state index is -0.535. The highest BCUT2D eigenvalue weighted by Crippen LogP contribution is 2.30. The lowest BCUT2D eigenvalue weighted by atomic mass is 9.96. The zero-order valence-electron chi connectivity index (χ0n) is 17.2. The first-order valence-electron chi connectivity index (χ1n) is 9.96. The van der Waals surface area contributed by atoms with Crippen LogP contribution < -0.4 is 10.9 Å². The van der Waals surface area contributed by atoms with E-state index in [1.54, 1.807) is 55.6 Å². The molecule has 1 heterocycles. The first-order valence-corrected chi connectivity index (χ1v) is 10.7. The molecule has 5 nitrogen and oxygen atoms in total. The molecule has 0 aliphatic rings. The molecule has 0 radical (unpaired) electrons. The van der Waals surface area contributed by atoms with E-state index in [1.807, 2.05) is 24.3 Å². The minimum absolute atomic E-state index is 0.0502. The summed E-state index contributed by atoms with van der Waals surface area (Å²) in [5, 5.41) is 15.7. The number of aromatic hydroxyl groups is 1. The number of anilines is 1. The fourth-order valence-corrected chi connectivity index (χ4v) is 3.96. The number of para-hydroxylation sites is 1. The maximum atomic E-state index is 13.3. The molecule has 3 aromatic carbocycles. The number of ketones is 1. The van der Waals surface area contributed by atoms with Crippen LogP contribution in [0.25, 0.3) is 10.9 Å². The predicted octanol–water partition coefficient (Wildman–Crippen LogP) is 5.98. The van der Waals surface area contributed by atoms with Gasteiger partial charge in [0.1, 0.15) is 11.3 Å². The summed E-state index contributed by atoms with van der Waals surface area (Å²) >= 11 is 12.0. The van der Waals surface area contributed by atoms with Crippen molar-refractivity contribution in [3.8, 4) is 5.75 Å². The molecule has 0 amide bonds. The lowest BCUT2D eigenvalue weighted by Gasteiger charge is -2.21. The van der Waals surface area contributed by atoms with Gasteiger partial charge in [0.25, 0.3) is 5.56 Å². The van der Waals surface area contributed by atoms with Crippen molar-refractivity contribution in [1.29, 1.82) is 0 Å². The van der Waals surface area contributed by atoms with Gasteiger partial charge in [-0.05, 0) is 54.1 Å². The fourth-order valence-electron chi connectivity index (χ4n) is 3.71. The molecule has 0 aliphatic carbocycles. The third kappa shape index (κ3) is 4.35. The average Bonchev–Trinajstić information content (AvgIpc) is 2.79. The third-order valence-corrected chi connectivity index (χ3v) is 5.91. The number of nitrogens with one attached hydrogen (secondary N) is 1. The normalized spacial score (nSPS) is 12.0. The number of fused-ring (bicyclic) bond motifs is 1. The SMILES string of the molecule is Cn1c(=O)c(C(=O)C[C@H](Nc2ccc(Cl)cc2)c2ccc(Cl)cc2)c(O)c2ccccc21. The van der Waals surface area contributed by atoms with Gasteiger partial charge in [0.15, 0.2) is 5.78 Å². The van der Waals surface area contributed by atoms with E-state index in [-0.39, 0.29) is 17.7 Å². The highest BCUT2D eigenvalue weighted by atomic mass is 35.5. The summed E-state index contributed by atoms with van der Waals surface area (Å²) in [6, 6.07) is 20.7. The topological polar surface area (TPSA) is 71.3 Å². The lowest BCUT2D eigenvalue weighted by molar-refractivity contribution is 0.0972. The number of aromatic nitrogens is 1. The number of halogens is 2. The summed E-state index contributed by atoms with van der Waals surface area (Å²) in [6.45, 7) is 0. The summed E-state index contributed by atoms with van der Waals surface area (Å²) in [5.74, 6) is -0.759.